The minimum absolute atomic E-state index is 0.00327. The number of likely N-dealkylation sites (N-methyl/N-ethyl adjacent to an activating group) is 1. The van der Waals surface area contributed by atoms with E-state index in [2.05, 4.69) is 5.16 Å². The van der Waals surface area contributed by atoms with Crippen LogP contribution in [0.25, 0.3) is 16.7 Å². The number of aliphatic hydroxyl groups excluding tert-OH is 1. The van der Waals surface area contributed by atoms with Crippen molar-refractivity contribution in [3.63, 3.8) is 0 Å². The molecule has 0 unspecified atom stereocenters. The predicted octanol–water partition coefficient (Wildman–Crippen LogP) is 4.30. The Morgan fingerprint density at radius 2 is 1.89 bits per heavy atom. The van der Waals surface area contributed by atoms with Crippen molar-refractivity contribution in [2.45, 2.75) is 0 Å². The van der Waals surface area contributed by atoms with Crippen LogP contribution in [0, 0.1) is 11.3 Å². The topological polar surface area (TPSA) is 111 Å². The van der Waals surface area contributed by atoms with E-state index in [0.717, 1.165) is 4.90 Å². The smallest absolute Gasteiger partial charge is 0.274 e. The van der Waals surface area contributed by atoms with E-state index in [1.54, 1.807) is 30.3 Å². The maximum Gasteiger partial charge on any atom is 0.274 e. The lowest BCUT2D eigenvalue weighted by Crippen LogP contribution is -2.27. The molecule has 0 aliphatic heterocycles. The number of phenols is 1. The number of aliphatic hydroxyl groups is 1. The summed E-state index contributed by atoms with van der Waals surface area (Å²) >= 11 is 11.7. The summed E-state index contributed by atoms with van der Waals surface area (Å²) < 4.78 is 5.20. The maximum absolute atomic E-state index is 12.8. The molecule has 0 aliphatic carbocycles. The van der Waals surface area contributed by atoms with Gasteiger partial charge in [0, 0.05) is 12.6 Å². The van der Waals surface area contributed by atoms with Crippen molar-refractivity contribution < 1.29 is 19.5 Å². The van der Waals surface area contributed by atoms with E-state index in [4.69, 9.17) is 27.7 Å². The number of carbonyl (C=O) groups is 1. The van der Waals surface area contributed by atoms with Gasteiger partial charge >= 0.3 is 0 Å². The molecule has 9 heteroatoms. The van der Waals surface area contributed by atoms with Gasteiger partial charge in [0.15, 0.2) is 11.3 Å². The number of halogens is 2. The number of carbonyl (C=O) groups excluding carboxylic acids is 1. The molecule has 136 valence electrons. The van der Waals surface area contributed by atoms with Crippen LogP contribution in [-0.2, 0) is 4.79 Å². The quantitative estimate of drug-likeness (QED) is 0.383. The summed E-state index contributed by atoms with van der Waals surface area (Å²) in [5.74, 6) is -1.71. The van der Waals surface area contributed by atoms with E-state index in [1.165, 1.54) is 19.2 Å². The number of phenolic OH excluding ortho intramolecular Hbond substituents is 1. The molecule has 2 N–H and O–H groups in total. The van der Waals surface area contributed by atoms with Crippen molar-refractivity contribution in [1.29, 1.82) is 5.26 Å². The van der Waals surface area contributed by atoms with Crippen LogP contribution >= 0.6 is 23.2 Å². The largest absolute Gasteiger partial charge is 0.506 e. The van der Waals surface area contributed by atoms with Crippen LogP contribution in [0.5, 0.6) is 5.75 Å². The van der Waals surface area contributed by atoms with E-state index in [-0.39, 0.29) is 27.2 Å². The number of nitrogens with zero attached hydrogens (tertiary/aromatic N) is 3. The molecule has 27 heavy (non-hydrogen) atoms. The molecule has 0 aliphatic rings. The van der Waals surface area contributed by atoms with Gasteiger partial charge in [-0.1, -0.05) is 40.5 Å². The Bertz CT molecular complexity index is 1110. The van der Waals surface area contributed by atoms with Gasteiger partial charge in [-0.25, -0.2) is 0 Å². The number of benzene rings is 2. The van der Waals surface area contributed by atoms with Crippen molar-refractivity contribution in [1.82, 2.24) is 5.16 Å². The Hall–Kier alpha value is -3.21. The van der Waals surface area contributed by atoms with Crippen molar-refractivity contribution in [2.24, 2.45) is 0 Å². The van der Waals surface area contributed by atoms with Gasteiger partial charge in [0.05, 0.1) is 15.4 Å². The van der Waals surface area contributed by atoms with Crippen molar-refractivity contribution in [2.75, 3.05) is 11.9 Å². The van der Waals surface area contributed by atoms with Crippen molar-refractivity contribution in [3.05, 3.63) is 57.6 Å². The molecular formula is C18H11Cl2N3O4. The first-order chi connectivity index (χ1) is 12.8. The van der Waals surface area contributed by atoms with E-state index in [1.807, 2.05) is 0 Å². The van der Waals surface area contributed by atoms with Crippen LogP contribution in [-0.4, -0.2) is 28.3 Å². The van der Waals surface area contributed by atoms with Gasteiger partial charge in [-0.3, -0.25) is 9.69 Å². The molecule has 0 saturated heterocycles. The lowest BCUT2D eigenvalue weighted by Gasteiger charge is -2.14. The summed E-state index contributed by atoms with van der Waals surface area (Å²) in [6.07, 6.45) is 0. The summed E-state index contributed by atoms with van der Waals surface area (Å²) in [7, 11) is 1.39. The minimum Gasteiger partial charge on any atom is -0.506 e. The van der Waals surface area contributed by atoms with Gasteiger partial charge < -0.3 is 14.7 Å². The third kappa shape index (κ3) is 3.28. The zero-order valence-electron chi connectivity index (χ0n) is 13.8. The molecule has 0 radical (unpaired) electrons. The summed E-state index contributed by atoms with van der Waals surface area (Å²) in [4.78, 5) is 13.8. The van der Waals surface area contributed by atoms with Crippen LogP contribution in [0.3, 0.4) is 0 Å². The average Bonchev–Trinajstić information content (AvgIpc) is 3.09. The Kier molecular flexibility index (Phi) is 4.95. The van der Waals surface area contributed by atoms with E-state index >= 15 is 0 Å². The van der Waals surface area contributed by atoms with E-state index in [0.29, 0.717) is 10.9 Å². The molecule has 0 fully saturated rings. The number of aromatic hydroxyl groups is 1. The Balaban J connectivity index is 2.05. The summed E-state index contributed by atoms with van der Waals surface area (Å²) in [6.45, 7) is 0. The zero-order valence-corrected chi connectivity index (χ0v) is 15.3. The number of aromatic nitrogens is 1. The Morgan fingerprint density at radius 1 is 1.26 bits per heavy atom. The van der Waals surface area contributed by atoms with Gasteiger partial charge in [-0.15, -0.1) is 0 Å². The molecule has 3 aromatic rings. The molecule has 1 amide bonds. The third-order valence-electron chi connectivity index (χ3n) is 3.83. The number of hydrogen-bond donors (Lipinski definition) is 2. The first-order valence-electron chi connectivity index (χ1n) is 7.49. The Labute approximate surface area is 163 Å². The van der Waals surface area contributed by atoms with Crippen molar-refractivity contribution >= 4 is 51.7 Å². The standard InChI is InChI=1S/C18H11Cl2N3O4/c1-23(18-10-4-2-3-5-14(10)22-27-18)17(26)11(8-21)15(24)9-6-12(19)16(25)13(20)7-9/h2-7,24-25H,1H3/b15-11-. The number of hydrogen-bond acceptors (Lipinski definition) is 6. The van der Waals surface area contributed by atoms with Crippen LogP contribution in [0.15, 0.2) is 46.5 Å². The van der Waals surface area contributed by atoms with Gasteiger partial charge in [0.2, 0.25) is 5.88 Å². The highest BCUT2D eigenvalue weighted by atomic mass is 35.5. The molecule has 0 spiro atoms. The molecule has 2 aromatic carbocycles. The fourth-order valence-corrected chi connectivity index (χ4v) is 2.91. The molecule has 7 nitrogen and oxygen atoms in total. The summed E-state index contributed by atoms with van der Waals surface area (Å²) in [6, 6.07) is 11.0. The lowest BCUT2D eigenvalue weighted by atomic mass is 10.1. The molecular weight excluding hydrogens is 393 g/mol. The van der Waals surface area contributed by atoms with Gasteiger partial charge in [0.1, 0.15) is 17.3 Å². The molecule has 1 heterocycles. The average molecular weight is 404 g/mol. The predicted molar refractivity (Wildman–Crippen MR) is 101 cm³/mol. The van der Waals surface area contributed by atoms with Crippen molar-refractivity contribution in [3.8, 4) is 11.8 Å². The molecule has 3 rings (SSSR count). The number of anilines is 1. The fourth-order valence-electron chi connectivity index (χ4n) is 2.43. The Morgan fingerprint density at radius 3 is 2.52 bits per heavy atom. The fraction of sp³-hybridized carbons (Fsp3) is 0.0556. The number of fused-ring (bicyclic) bond motifs is 1. The van der Waals surface area contributed by atoms with Gasteiger partial charge in [-0.05, 0) is 24.3 Å². The monoisotopic (exact) mass is 403 g/mol. The third-order valence-corrected chi connectivity index (χ3v) is 4.40. The van der Waals surface area contributed by atoms with Crippen LogP contribution in [0.2, 0.25) is 10.0 Å². The van der Waals surface area contributed by atoms with E-state index in [9.17, 15) is 20.3 Å². The SMILES string of the molecule is CN(C(=O)/C(C#N)=C(\O)c1cc(Cl)c(O)c(Cl)c1)c1onc2ccccc12. The second kappa shape index (κ2) is 7.19. The first-order valence-corrected chi connectivity index (χ1v) is 8.25. The first kappa shape index (κ1) is 18.6. The number of nitriles is 1. The highest BCUT2D eigenvalue weighted by molar-refractivity contribution is 6.37. The highest BCUT2D eigenvalue weighted by Gasteiger charge is 2.26. The molecule has 0 bridgehead atoms. The summed E-state index contributed by atoms with van der Waals surface area (Å²) in [5, 5.41) is 33.6. The summed E-state index contributed by atoms with van der Waals surface area (Å²) in [5.41, 5.74) is -0.0183. The highest BCUT2D eigenvalue weighted by Crippen LogP contribution is 2.35. The number of rotatable bonds is 3. The number of amides is 1. The van der Waals surface area contributed by atoms with E-state index < -0.39 is 17.2 Å². The lowest BCUT2D eigenvalue weighted by molar-refractivity contribution is -0.114. The molecule has 1 aromatic heterocycles. The maximum atomic E-state index is 12.8. The second-order valence-electron chi connectivity index (χ2n) is 5.49. The van der Waals surface area contributed by atoms with Crippen LogP contribution in [0.1, 0.15) is 5.56 Å². The minimum atomic E-state index is -0.822. The van der Waals surface area contributed by atoms with Crippen LogP contribution < -0.4 is 4.90 Å². The normalized spacial score (nSPS) is 11.8. The molecule has 0 atom stereocenters. The molecule has 0 saturated carbocycles. The second-order valence-corrected chi connectivity index (χ2v) is 6.31. The van der Waals surface area contributed by atoms with Gasteiger partial charge in [0.25, 0.3) is 5.91 Å². The van der Waals surface area contributed by atoms with Crippen LogP contribution in [0.4, 0.5) is 5.88 Å². The zero-order chi connectivity index (χ0) is 19.7. The van der Waals surface area contributed by atoms with Gasteiger partial charge in [-0.2, -0.15) is 5.26 Å².